The summed E-state index contributed by atoms with van der Waals surface area (Å²) in [4.78, 5) is 18.8. The van der Waals surface area contributed by atoms with Gasteiger partial charge >= 0.3 is 5.97 Å². The second-order valence-electron chi connectivity index (χ2n) is 3.73. The van der Waals surface area contributed by atoms with E-state index in [2.05, 4.69) is 15.3 Å². The molecule has 17 heavy (non-hydrogen) atoms. The maximum atomic E-state index is 10.8. The fourth-order valence-corrected chi connectivity index (χ4v) is 1.37. The summed E-state index contributed by atoms with van der Waals surface area (Å²) in [5, 5.41) is 20.4. The largest absolute Gasteiger partial charge is 0.477 e. The maximum Gasteiger partial charge on any atom is 0.354 e. The molecule has 0 bridgehead atoms. The topological polar surface area (TPSA) is 95.3 Å². The van der Waals surface area contributed by atoms with E-state index in [4.69, 9.17) is 10.2 Å². The third-order valence-corrected chi connectivity index (χ3v) is 2.19. The fraction of sp³-hybridized carbons (Fsp3) is 0.545. The first-order chi connectivity index (χ1) is 8.13. The molecule has 1 aromatic heterocycles. The highest BCUT2D eigenvalue weighted by Crippen LogP contribution is 2.05. The molecule has 94 valence electrons. The number of aromatic nitrogens is 2. The Morgan fingerprint density at radius 3 is 2.76 bits per heavy atom. The zero-order chi connectivity index (χ0) is 12.7. The van der Waals surface area contributed by atoms with Crippen molar-refractivity contribution in [2.45, 2.75) is 26.2 Å². The van der Waals surface area contributed by atoms with Gasteiger partial charge < -0.3 is 15.5 Å². The van der Waals surface area contributed by atoms with Gasteiger partial charge in [0.1, 0.15) is 0 Å². The first kappa shape index (κ1) is 13.4. The highest BCUT2D eigenvalue weighted by Gasteiger charge is 2.07. The van der Waals surface area contributed by atoms with E-state index in [1.165, 1.54) is 6.07 Å². The number of aliphatic hydroxyl groups excluding tert-OH is 1. The molecule has 1 rings (SSSR count). The number of hydrogen-bond acceptors (Lipinski definition) is 5. The number of carboxylic acids is 1. The average Bonchev–Trinajstić information content (AvgIpc) is 2.28. The number of nitrogens with one attached hydrogen (secondary N) is 1. The standard InChI is InChI=1S/C11H17N3O3/c1-8-7-9(10(16)17)14-11(13-8)12-5-3-2-4-6-15/h7,15H,2-6H2,1H3,(H,16,17)(H,12,13,14). The summed E-state index contributed by atoms with van der Waals surface area (Å²) < 4.78 is 0. The number of aryl methyl sites for hydroxylation is 1. The van der Waals surface area contributed by atoms with Crippen LogP contribution in [0.5, 0.6) is 0 Å². The van der Waals surface area contributed by atoms with Crippen LogP contribution in [-0.2, 0) is 0 Å². The summed E-state index contributed by atoms with van der Waals surface area (Å²) in [5.74, 6) is -0.717. The molecule has 0 saturated heterocycles. The molecule has 0 amide bonds. The molecule has 6 heteroatoms. The van der Waals surface area contributed by atoms with Crippen molar-refractivity contribution in [3.05, 3.63) is 17.5 Å². The molecule has 0 radical (unpaired) electrons. The Morgan fingerprint density at radius 2 is 2.12 bits per heavy atom. The first-order valence-corrected chi connectivity index (χ1v) is 5.57. The van der Waals surface area contributed by atoms with E-state index in [1.807, 2.05) is 0 Å². The van der Waals surface area contributed by atoms with Gasteiger partial charge in [-0.25, -0.2) is 14.8 Å². The van der Waals surface area contributed by atoms with Crippen molar-refractivity contribution < 1.29 is 15.0 Å². The van der Waals surface area contributed by atoms with E-state index in [1.54, 1.807) is 6.92 Å². The molecule has 6 nitrogen and oxygen atoms in total. The van der Waals surface area contributed by atoms with Crippen molar-refractivity contribution in [2.24, 2.45) is 0 Å². The van der Waals surface area contributed by atoms with Crippen molar-refractivity contribution in [2.75, 3.05) is 18.5 Å². The van der Waals surface area contributed by atoms with Crippen LogP contribution in [0.25, 0.3) is 0 Å². The Kier molecular flexibility index (Phi) is 5.35. The molecule has 0 atom stereocenters. The van der Waals surface area contributed by atoms with Crippen LogP contribution in [0.3, 0.4) is 0 Å². The molecule has 0 saturated carbocycles. The van der Waals surface area contributed by atoms with Gasteiger partial charge in [0.05, 0.1) is 0 Å². The highest BCUT2D eigenvalue weighted by atomic mass is 16.4. The molecule has 0 unspecified atom stereocenters. The zero-order valence-electron chi connectivity index (χ0n) is 9.81. The lowest BCUT2D eigenvalue weighted by atomic mass is 10.2. The van der Waals surface area contributed by atoms with Gasteiger partial charge in [-0.15, -0.1) is 0 Å². The van der Waals surface area contributed by atoms with E-state index in [0.717, 1.165) is 19.3 Å². The molecule has 0 aromatic carbocycles. The number of aromatic carboxylic acids is 1. The lowest BCUT2D eigenvalue weighted by Gasteiger charge is -2.06. The second kappa shape index (κ2) is 6.80. The molecule has 0 aliphatic heterocycles. The minimum absolute atomic E-state index is 0.00430. The third-order valence-electron chi connectivity index (χ3n) is 2.19. The van der Waals surface area contributed by atoms with Crippen LogP contribution in [0, 0.1) is 6.92 Å². The van der Waals surface area contributed by atoms with E-state index in [0.29, 0.717) is 18.2 Å². The number of aliphatic hydroxyl groups is 1. The van der Waals surface area contributed by atoms with E-state index >= 15 is 0 Å². The maximum absolute atomic E-state index is 10.8. The van der Waals surface area contributed by atoms with E-state index in [9.17, 15) is 4.79 Å². The Hall–Kier alpha value is -1.69. The molecule has 0 spiro atoms. The monoisotopic (exact) mass is 239 g/mol. The summed E-state index contributed by atoms with van der Waals surface area (Å²) in [5.41, 5.74) is 0.616. The zero-order valence-corrected chi connectivity index (χ0v) is 9.81. The van der Waals surface area contributed by atoms with E-state index in [-0.39, 0.29) is 12.3 Å². The molecular weight excluding hydrogens is 222 g/mol. The molecule has 0 fully saturated rings. The lowest BCUT2D eigenvalue weighted by Crippen LogP contribution is -2.10. The minimum atomic E-state index is -1.06. The molecular formula is C11H17N3O3. The smallest absolute Gasteiger partial charge is 0.354 e. The van der Waals surface area contributed by atoms with E-state index < -0.39 is 5.97 Å². The lowest BCUT2D eigenvalue weighted by molar-refractivity contribution is 0.0690. The van der Waals surface area contributed by atoms with Gasteiger partial charge in [-0.3, -0.25) is 0 Å². The van der Waals surface area contributed by atoms with Crippen LogP contribution in [0.4, 0.5) is 5.95 Å². The van der Waals surface area contributed by atoms with Crippen LogP contribution in [0.2, 0.25) is 0 Å². The summed E-state index contributed by atoms with van der Waals surface area (Å²) in [6, 6.07) is 1.43. The Bertz CT molecular complexity index is 382. The molecule has 0 aliphatic carbocycles. The van der Waals surface area contributed by atoms with Crippen molar-refractivity contribution >= 4 is 11.9 Å². The highest BCUT2D eigenvalue weighted by molar-refractivity contribution is 5.85. The SMILES string of the molecule is Cc1cc(C(=O)O)nc(NCCCCCO)n1. The van der Waals surface area contributed by atoms with Crippen molar-refractivity contribution in [3.63, 3.8) is 0 Å². The Morgan fingerprint density at radius 1 is 1.35 bits per heavy atom. The fourth-order valence-electron chi connectivity index (χ4n) is 1.37. The van der Waals surface area contributed by atoms with Gasteiger partial charge in [0.15, 0.2) is 5.69 Å². The number of rotatable bonds is 7. The molecule has 1 heterocycles. The molecule has 0 aliphatic rings. The van der Waals surface area contributed by atoms with Crippen LogP contribution >= 0.6 is 0 Å². The quantitative estimate of drug-likeness (QED) is 0.616. The van der Waals surface area contributed by atoms with Gasteiger partial charge in [-0.1, -0.05) is 0 Å². The van der Waals surface area contributed by atoms with Crippen molar-refractivity contribution in [1.29, 1.82) is 0 Å². The predicted molar refractivity (Wildman–Crippen MR) is 63.2 cm³/mol. The number of carboxylic acid groups (broad SMARTS) is 1. The minimum Gasteiger partial charge on any atom is -0.477 e. The number of nitrogens with zero attached hydrogens (tertiary/aromatic N) is 2. The summed E-state index contributed by atoms with van der Waals surface area (Å²) in [7, 11) is 0. The van der Waals surface area contributed by atoms with Crippen LogP contribution in [0.15, 0.2) is 6.07 Å². The molecule has 1 aromatic rings. The number of hydrogen-bond donors (Lipinski definition) is 3. The Balaban J connectivity index is 2.50. The van der Waals surface area contributed by atoms with Crippen molar-refractivity contribution in [1.82, 2.24) is 9.97 Å². The van der Waals surface area contributed by atoms with Gasteiger partial charge in [0, 0.05) is 18.8 Å². The number of carbonyl (C=O) groups is 1. The summed E-state index contributed by atoms with van der Waals surface area (Å²) in [6.07, 6.45) is 2.58. The Labute approximate surface area is 99.7 Å². The van der Waals surface area contributed by atoms with Gasteiger partial charge in [-0.05, 0) is 32.3 Å². The first-order valence-electron chi connectivity index (χ1n) is 5.57. The summed E-state index contributed by atoms with van der Waals surface area (Å²) in [6.45, 7) is 2.59. The van der Waals surface area contributed by atoms with Crippen LogP contribution < -0.4 is 5.32 Å². The van der Waals surface area contributed by atoms with Crippen LogP contribution in [-0.4, -0.2) is 39.3 Å². The summed E-state index contributed by atoms with van der Waals surface area (Å²) >= 11 is 0. The molecule has 3 N–H and O–H groups in total. The number of unbranched alkanes of at least 4 members (excludes halogenated alkanes) is 2. The normalized spacial score (nSPS) is 10.2. The third kappa shape index (κ3) is 4.78. The predicted octanol–water partition coefficient (Wildman–Crippen LogP) is 1.06. The second-order valence-corrected chi connectivity index (χ2v) is 3.73. The number of anilines is 1. The van der Waals surface area contributed by atoms with Gasteiger partial charge in [0.2, 0.25) is 5.95 Å². The van der Waals surface area contributed by atoms with Crippen molar-refractivity contribution in [3.8, 4) is 0 Å². The average molecular weight is 239 g/mol. The van der Waals surface area contributed by atoms with Gasteiger partial charge in [0.25, 0.3) is 0 Å². The van der Waals surface area contributed by atoms with Crippen LogP contribution in [0.1, 0.15) is 35.4 Å². The van der Waals surface area contributed by atoms with Gasteiger partial charge in [-0.2, -0.15) is 0 Å².